The molecule has 0 spiro atoms. The first-order chi connectivity index (χ1) is 69.8. The summed E-state index contributed by atoms with van der Waals surface area (Å²) in [6.45, 7) is -1.36. The summed E-state index contributed by atoms with van der Waals surface area (Å²) in [4.78, 5) is 170. The highest BCUT2D eigenvalue weighted by molar-refractivity contribution is 5.93. The van der Waals surface area contributed by atoms with Crippen LogP contribution in [0.1, 0.15) is 111 Å². The summed E-state index contributed by atoms with van der Waals surface area (Å²) < 4.78 is 71.3. The van der Waals surface area contributed by atoms with Crippen LogP contribution in [-0.2, 0) is 121 Å². The van der Waals surface area contributed by atoms with E-state index < -0.39 is 320 Å². The molecule has 57 heteroatoms. The summed E-state index contributed by atoms with van der Waals surface area (Å²) >= 11 is 0. The molecule has 0 aliphatic carbocycles. The molecule has 32 atom stereocenters. The molecule has 6 heterocycles. The summed E-state index contributed by atoms with van der Waals surface area (Å²) in [5.41, 5.74) is 0.764. The van der Waals surface area contributed by atoms with E-state index in [1.807, 2.05) is 0 Å². The third-order valence-corrected chi connectivity index (χ3v) is 24.6. The number of nitrogens with one attached hydrogen (secondary N) is 11. The van der Waals surface area contributed by atoms with Crippen molar-refractivity contribution in [2.75, 3.05) is 151 Å². The third-order valence-electron chi connectivity index (χ3n) is 24.6. The van der Waals surface area contributed by atoms with Gasteiger partial charge in [-0.1, -0.05) is 36.8 Å². The van der Waals surface area contributed by atoms with Crippen LogP contribution in [0.15, 0.2) is 30.3 Å². The zero-order valence-corrected chi connectivity index (χ0v) is 83.0. The number of nitrogens with zero attached hydrogens (tertiary/aromatic N) is 3. The predicted molar refractivity (Wildman–Crippen MR) is 498 cm³/mol. The van der Waals surface area contributed by atoms with Crippen molar-refractivity contribution in [2.45, 2.75) is 309 Å². The highest BCUT2D eigenvalue weighted by atomic mass is 16.7. The molecule has 29 N–H and O–H groups in total. The summed E-state index contributed by atoms with van der Waals surface area (Å²) in [5, 5.41) is 214. The van der Waals surface area contributed by atoms with Crippen molar-refractivity contribution >= 4 is 71.1 Å². The molecule has 0 aromatic heterocycles. The van der Waals surface area contributed by atoms with Crippen molar-refractivity contribution in [2.24, 2.45) is 0 Å². The van der Waals surface area contributed by atoms with E-state index in [4.69, 9.17) is 61.6 Å². The number of esters is 1. The van der Waals surface area contributed by atoms with E-state index in [-0.39, 0.29) is 150 Å². The molecule has 840 valence electrons. The maximum atomic E-state index is 15.2. The van der Waals surface area contributed by atoms with Crippen LogP contribution < -0.4 is 58.5 Å². The Balaban J connectivity index is 1.09. The predicted octanol–water partition coefficient (Wildman–Crippen LogP) is -14.8. The molecule has 147 heavy (non-hydrogen) atoms. The van der Waals surface area contributed by atoms with E-state index in [0.717, 1.165) is 20.3 Å². The molecule has 6 aliphatic rings. The van der Waals surface area contributed by atoms with Crippen molar-refractivity contribution < 1.29 is 211 Å². The van der Waals surface area contributed by atoms with E-state index in [0.29, 0.717) is 19.3 Å². The molecule has 0 bridgehead atoms. The highest BCUT2D eigenvalue weighted by Crippen LogP contribution is 2.28. The zero-order valence-electron chi connectivity index (χ0n) is 83.0. The Kier molecular flexibility index (Phi) is 55.3. The van der Waals surface area contributed by atoms with E-state index in [9.17, 15) is 145 Å². The van der Waals surface area contributed by atoms with Gasteiger partial charge in [0.1, 0.15) is 142 Å². The van der Waals surface area contributed by atoms with Crippen LogP contribution in [0.5, 0.6) is 0 Å². The Morgan fingerprint density at radius 1 is 0.279 bits per heavy atom. The van der Waals surface area contributed by atoms with Crippen LogP contribution in [-0.4, -0.2) is 525 Å². The summed E-state index contributed by atoms with van der Waals surface area (Å²) in [6.07, 6.45) is -42.7. The van der Waals surface area contributed by atoms with Crippen molar-refractivity contribution in [3.63, 3.8) is 0 Å². The monoisotopic (exact) mass is 2120 g/mol. The molecule has 6 saturated heterocycles. The number of ether oxygens (including phenoxy) is 13. The Bertz CT molecular complexity index is 4000. The molecule has 6 fully saturated rings. The van der Waals surface area contributed by atoms with Crippen LogP contribution in [0.3, 0.4) is 0 Å². The average molecular weight is 2120 g/mol. The largest absolute Gasteiger partial charge is 0.461 e. The molecule has 0 saturated carbocycles. The molecule has 12 amide bonds. The average Bonchev–Trinajstić information content (AvgIpc) is 0.841. The minimum Gasteiger partial charge on any atom is -0.461 e. The Labute approximate surface area is 847 Å². The summed E-state index contributed by atoms with van der Waals surface area (Å²) in [6, 6.07) is 4.80. The SMILES string of the molecule is C[C@@H]1O[C@@H](OCCNC(=O)CN(CC(=O)NCCCC[C@H](NC(=O)[C@H](CCCCNC(=O)N(CC(=O)NCCO[C@@H]2O[C@@H](C)[C@@H](O)[C@@H](O)[C@@H]2O)CC(=O)NCCO[C@@H]2O[C@@H](C)[C@@H](O)[C@@H](O)[C@@H]2O)NC(=O)CN(CC(=O)NCCO[C@@H]2O[C@@H](C)[C@@H](O)[C@@H](O)[C@@H]2O)CC(=O)NCCO[C@@H]2O[C@@H](C)[C@@H](O)[C@@H](O)[C@@H]2O)C(=O)NCCCCCC(=O)OCc2ccccc2)CC(=O)NCCO[C@@H]2O[C@@H](C)[C@@H](O)[C@@H](O)[C@@H]2O)[C@@H](O)[C@H](O)[C@@H]1O. The van der Waals surface area contributed by atoms with Crippen LogP contribution in [0.25, 0.3) is 0 Å². The zero-order chi connectivity index (χ0) is 108. The van der Waals surface area contributed by atoms with Gasteiger partial charge < -0.3 is 217 Å². The molecular weight excluding hydrogens is 1970 g/mol. The highest BCUT2D eigenvalue weighted by Gasteiger charge is 2.49. The van der Waals surface area contributed by atoms with Gasteiger partial charge in [-0.25, -0.2) is 4.79 Å². The third kappa shape index (κ3) is 42.5. The number of hydrogen-bond acceptors (Lipinski definition) is 45. The minimum atomic E-state index is -1.71. The summed E-state index contributed by atoms with van der Waals surface area (Å²) in [5.74, 6) is -8.93. The number of aliphatic hydroxyl groups excluding tert-OH is 18. The van der Waals surface area contributed by atoms with Crippen LogP contribution in [0, 0.1) is 0 Å². The normalized spacial score (nSPS) is 30.7. The quantitative estimate of drug-likeness (QED) is 0.0213. The van der Waals surface area contributed by atoms with Crippen LogP contribution >= 0.6 is 0 Å². The molecular formula is C90H152N14O43. The Morgan fingerprint density at radius 3 is 0.844 bits per heavy atom. The van der Waals surface area contributed by atoms with E-state index in [1.54, 1.807) is 30.3 Å². The van der Waals surface area contributed by atoms with Crippen molar-refractivity contribution in [3.8, 4) is 0 Å². The van der Waals surface area contributed by atoms with Gasteiger partial charge >= 0.3 is 12.0 Å². The van der Waals surface area contributed by atoms with Crippen molar-refractivity contribution in [1.82, 2.24) is 73.2 Å². The number of unbranched alkanes of at least 4 members (excludes halogenated alkanes) is 4. The maximum absolute atomic E-state index is 15.2. The molecule has 0 unspecified atom stereocenters. The second kappa shape index (κ2) is 64.9. The van der Waals surface area contributed by atoms with Crippen LogP contribution in [0.4, 0.5) is 4.79 Å². The standard InChI is InChI=1S/C90H152N14O43/c1-46-64(114)70(120)76(126)84(142-46)135-31-25-92-56(106)38-102(39-57(107)93-26-32-136-85-77(127)71(121)65(115)47(2)143-85)37-55(105)91-22-15-12-19-53(82(132)98-23-14-8-11-21-63(113)141-45-52-17-9-7-10-18-52)101-83(133)54(100-62(112)42-103(40-58(108)94-27-33-137-86-78(128)72(122)66(116)48(3)144-86)41-59(109)95-28-34-138-87-79(129)73(123)67(117)49(4)145-87)20-13-16-24-99-90(134)104(43-60(110)96-29-35-139-88-80(130)74(124)68(118)50(5)146-88)44-61(111)97-30-36-140-89-81(131)75(125)69(119)51(6)147-89/h7,9-10,17-18,46-51,53-54,64-81,84-89,114-131H,8,11-16,19-45H2,1-6H3,(H,91,105)(H,92,106)(H,93,107)(H,94,108)(H,95,109)(H,96,110)(H,97,111)(H,98,132)(H,99,134)(H,100,112)(H,101,133)/t46-,47-,48-,49-,50-,51-,53-,54-,64+,65+,66+,67+,68+,69+,70+,71+,72+,73+,74+,75+,76-,77-,78-,79-,80-,81-,84+,85+,86+,87+,88+,89+/m0/s1. The molecule has 57 nitrogen and oxygen atoms in total. The molecule has 1 aromatic carbocycles. The van der Waals surface area contributed by atoms with E-state index in [2.05, 4.69) is 58.5 Å². The maximum Gasteiger partial charge on any atom is 0.318 e. The van der Waals surface area contributed by atoms with Crippen molar-refractivity contribution in [1.29, 1.82) is 0 Å². The number of benzene rings is 1. The van der Waals surface area contributed by atoms with Gasteiger partial charge in [-0.15, -0.1) is 0 Å². The molecule has 7 rings (SSSR count). The Hall–Kier alpha value is -8.62. The Morgan fingerprint density at radius 2 is 0.537 bits per heavy atom. The first kappa shape index (κ1) is 125. The second-order valence-corrected chi connectivity index (χ2v) is 36.6. The lowest BCUT2D eigenvalue weighted by molar-refractivity contribution is -0.292. The van der Waals surface area contributed by atoms with E-state index >= 15 is 4.79 Å². The van der Waals surface area contributed by atoms with Crippen molar-refractivity contribution in [3.05, 3.63) is 35.9 Å². The number of aliphatic hydroxyl groups is 18. The van der Waals surface area contributed by atoms with Gasteiger partial charge in [0.2, 0.25) is 59.1 Å². The fourth-order valence-corrected chi connectivity index (χ4v) is 15.8. The van der Waals surface area contributed by atoms with Gasteiger partial charge in [0.05, 0.1) is 116 Å². The first-order valence-corrected chi connectivity index (χ1v) is 49.1. The van der Waals surface area contributed by atoms with Gasteiger partial charge in [-0.05, 0) is 98.5 Å². The number of hydrogen-bond donors (Lipinski definition) is 29. The van der Waals surface area contributed by atoms with Gasteiger partial charge in [0.15, 0.2) is 37.7 Å². The lowest BCUT2D eigenvalue weighted by Gasteiger charge is -2.38. The number of urea groups is 1. The topological polar surface area (TPSA) is 831 Å². The van der Waals surface area contributed by atoms with Gasteiger partial charge in [-0.2, -0.15) is 0 Å². The minimum absolute atomic E-state index is 0.0137. The molecule has 6 aliphatic heterocycles. The van der Waals surface area contributed by atoms with Gasteiger partial charge in [0.25, 0.3) is 0 Å². The molecule has 1 aromatic rings. The number of carbonyl (C=O) groups excluding carboxylic acids is 12. The van der Waals surface area contributed by atoms with Gasteiger partial charge in [-0.3, -0.25) is 62.5 Å². The van der Waals surface area contributed by atoms with Gasteiger partial charge in [0, 0.05) is 65.3 Å². The fourth-order valence-electron chi connectivity index (χ4n) is 15.8. The number of rotatable bonds is 62. The smallest absolute Gasteiger partial charge is 0.318 e. The van der Waals surface area contributed by atoms with Crippen LogP contribution in [0.2, 0.25) is 0 Å². The van der Waals surface area contributed by atoms with E-state index in [1.165, 1.54) is 41.5 Å². The lowest BCUT2D eigenvalue weighted by atomic mass is 10.0. The number of carbonyl (C=O) groups is 12. The molecule has 0 radical (unpaired) electrons. The first-order valence-electron chi connectivity index (χ1n) is 49.1. The fraction of sp³-hybridized carbons (Fsp3) is 0.800. The lowest BCUT2D eigenvalue weighted by Crippen LogP contribution is -2.57. The second-order valence-electron chi connectivity index (χ2n) is 36.6. The summed E-state index contributed by atoms with van der Waals surface area (Å²) in [7, 11) is 0. The number of amides is 12.